The van der Waals surface area contributed by atoms with Gasteiger partial charge in [0.2, 0.25) is 15.9 Å². The van der Waals surface area contributed by atoms with E-state index in [9.17, 15) is 13.2 Å². The lowest BCUT2D eigenvalue weighted by Gasteiger charge is -2.06. The molecule has 0 saturated heterocycles. The van der Waals surface area contributed by atoms with Gasteiger partial charge in [0.25, 0.3) is 0 Å². The maximum atomic E-state index is 12.1. The van der Waals surface area contributed by atoms with Crippen LogP contribution in [0.3, 0.4) is 0 Å². The Labute approximate surface area is 163 Å². The van der Waals surface area contributed by atoms with Crippen LogP contribution in [0.15, 0.2) is 89.8 Å². The van der Waals surface area contributed by atoms with Gasteiger partial charge in [-0.25, -0.2) is 13.6 Å². The number of carbonyl (C=O) groups excluding carboxylic acids is 1. The van der Waals surface area contributed by atoms with Crippen LogP contribution in [-0.4, -0.2) is 14.3 Å². The topological polar surface area (TPSA) is 98.5 Å². The molecule has 0 fully saturated rings. The van der Waals surface area contributed by atoms with Crippen LogP contribution in [0.25, 0.3) is 6.08 Å². The molecular weight excluding hydrogens is 376 g/mol. The molecule has 3 aromatic rings. The summed E-state index contributed by atoms with van der Waals surface area (Å²) in [4.78, 5) is 12.0. The van der Waals surface area contributed by atoms with Crippen molar-refractivity contribution >= 4 is 27.7 Å². The Morgan fingerprint density at radius 2 is 1.61 bits per heavy atom. The Hall–Kier alpha value is -3.42. The van der Waals surface area contributed by atoms with Gasteiger partial charge in [-0.1, -0.05) is 36.4 Å². The van der Waals surface area contributed by atoms with Crippen molar-refractivity contribution in [3.63, 3.8) is 0 Å². The molecule has 6 nitrogen and oxygen atoms in total. The van der Waals surface area contributed by atoms with Gasteiger partial charge in [0.05, 0.1) is 4.90 Å². The minimum Gasteiger partial charge on any atom is -0.457 e. The van der Waals surface area contributed by atoms with Gasteiger partial charge in [-0.3, -0.25) is 4.79 Å². The number of para-hydroxylation sites is 1. The summed E-state index contributed by atoms with van der Waals surface area (Å²) >= 11 is 0. The van der Waals surface area contributed by atoms with E-state index in [4.69, 9.17) is 9.88 Å². The summed E-state index contributed by atoms with van der Waals surface area (Å²) in [5.41, 5.74) is 1.12. The second-order valence-electron chi connectivity index (χ2n) is 5.88. The van der Waals surface area contributed by atoms with E-state index >= 15 is 0 Å². The average molecular weight is 394 g/mol. The van der Waals surface area contributed by atoms with Gasteiger partial charge in [-0.05, 0) is 54.1 Å². The highest BCUT2D eigenvalue weighted by Gasteiger charge is 2.08. The largest absolute Gasteiger partial charge is 0.457 e. The van der Waals surface area contributed by atoms with Crippen molar-refractivity contribution < 1.29 is 17.9 Å². The molecule has 0 saturated carbocycles. The minimum absolute atomic E-state index is 0.0694. The molecule has 3 N–H and O–H groups in total. The third-order valence-electron chi connectivity index (χ3n) is 3.69. The van der Waals surface area contributed by atoms with Crippen molar-refractivity contribution in [2.75, 3.05) is 5.32 Å². The van der Waals surface area contributed by atoms with Crippen LogP contribution in [0.5, 0.6) is 11.5 Å². The quantitative estimate of drug-likeness (QED) is 0.622. The average Bonchev–Trinajstić information content (AvgIpc) is 2.67. The number of nitrogens with one attached hydrogen (secondary N) is 1. The second-order valence-corrected chi connectivity index (χ2v) is 7.44. The molecule has 0 aliphatic rings. The fourth-order valence-electron chi connectivity index (χ4n) is 2.41. The lowest BCUT2D eigenvalue weighted by Crippen LogP contribution is -2.13. The Bertz CT molecular complexity index is 1110. The maximum Gasteiger partial charge on any atom is 0.248 e. The van der Waals surface area contributed by atoms with Crippen LogP contribution in [0.1, 0.15) is 5.56 Å². The number of primary sulfonamides is 1. The predicted octanol–water partition coefficient (Wildman–Crippen LogP) is 3.78. The maximum absolute atomic E-state index is 12.1. The highest BCUT2D eigenvalue weighted by atomic mass is 32.2. The number of anilines is 1. The summed E-state index contributed by atoms with van der Waals surface area (Å²) in [5, 5.41) is 7.70. The number of carbonyl (C=O) groups is 1. The molecule has 0 aromatic heterocycles. The molecule has 28 heavy (non-hydrogen) atoms. The first-order valence-corrected chi connectivity index (χ1v) is 9.90. The molecule has 1 amide bonds. The van der Waals surface area contributed by atoms with E-state index < -0.39 is 15.9 Å². The van der Waals surface area contributed by atoms with Crippen LogP contribution in [0.2, 0.25) is 0 Å². The van der Waals surface area contributed by atoms with Crippen molar-refractivity contribution in [2.24, 2.45) is 5.14 Å². The number of ether oxygens (including phenoxy) is 1. The van der Waals surface area contributed by atoms with Gasteiger partial charge in [-0.15, -0.1) is 0 Å². The fourth-order valence-corrected chi connectivity index (χ4v) is 2.97. The summed E-state index contributed by atoms with van der Waals surface area (Å²) in [7, 11) is -3.83. The van der Waals surface area contributed by atoms with Crippen molar-refractivity contribution in [1.29, 1.82) is 0 Å². The molecule has 0 unspecified atom stereocenters. The predicted molar refractivity (Wildman–Crippen MR) is 108 cm³/mol. The highest BCUT2D eigenvalue weighted by molar-refractivity contribution is 7.89. The molecule has 142 valence electrons. The normalized spacial score (nSPS) is 11.3. The number of sulfonamides is 1. The van der Waals surface area contributed by atoms with Crippen LogP contribution < -0.4 is 15.2 Å². The van der Waals surface area contributed by atoms with Gasteiger partial charge in [0, 0.05) is 11.8 Å². The molecule has 0 bridgehead atoms. The Morgan fingerprint density at radius 3 is 2.36 bits per heavy atom. The van der Waals surface area contributed by atoms with Crippen molar-refractivity contribution in [1.82, 2.24) is 0 Å². The van der Waals surface area contributed by atoms with Crippen LogP contribution in [0.4, 0.5) is 5.69 Å². The number of nitrogens with two attached hydrogens (primary N) is 1. The van der Waals surface area contributed by atoms with Crippen molar-refractivity contribution in [3.8, 4) is 11.5 Å². The number of hydrogen-bond donors (Lipinski definition) is 2. The Balaban J connectivity index is 1.67. The number of hydrogen-bond acceptors (Lipinski definition) is 4. The lowest BCUT2D eigenvalue weighted by atomic mass is 10.2. The molecule has 0 aliphatic carbocycles. The van der Waals surface area contributed by atoms with Crippen molar-refractivity contribution in [3.05, 3.63) is 90.5 Å². The number of benzene rings is 3. The van der Waals surface area contributed by atoms with Gasteiger partial charge < -0.3 is 10.1 Å². The zero-order chi connectivity index (χ0) is 20.0. The molecule has 0 radical (unpaired) electrons. The molecule has 3 rings (SSSR count). The first-order valence-electron chi connectivity index (χ1n) is 8.35. The molecule has 0 spiro atoms. The first-order chi connectivity index (χ1) is 13.4. The molecule has 0 atom stereocenters. The Morgan fingerprint density at radius 1 is 0.893 bits per heavy atom. The summed E-state index contributed by atoms with van der Waals surface area (Å²) in [5.74, 6) is 0.965. The summed E-state index contributed by atoms with van der Waals surface area (Å²) in [6.45, 7) is 0. The smallest absolute Gasteiger partial charge is 0.248 e. The van der Waals surface area contributed by atoms with E-state index in [0.29, 0.717) is 11.4 Å². The molecular formula is C21H18N2O4S. The van der Waals surface area contributed by atoms with Gasteiger partial charge in [0.1, 0.15) is 11.5 Å². The first kappa shape index (κ1) is 19.3. The third-order valence-corrected chi connectivity index (χ3v) is 4.61. The van der Waals surface area contributed by atoms with E-state index in [2.05, 4.69) is 5.32 Å². The highest BCUT2D eigenvalue weighted by Crippen LogP contribution is 2.22. The Kier molecular flexibility index (Phi) is 5.88. The monoisotopic (exact) mass is 394 g/mol. The van der Waals surface area contributed by atoms with Gasteiger partial charge in [-0.2, -0.15) is 0 Å². The molecule has 7 heteroatoms. The fraction of sp³-hybridized carbons (Fsp3) is 0. The summed E-state index contributed by atoms with van der Waals surface area (Å²) in [6, 6.07) is 22.4. The third kappa shape index (κ3) is 5.54. The molecule has 0 aliphatic heterocycles. The molecule has 0 heterocycles. The SMILES string of the molecule is NS(=O)(=O)c1cccc(NC(=O)/C=C/c2cccc(Oc3ccccc3)c2)c1. The summed E-state index contributed by atoms with van der Waals surface area (Å²) in [6.07, 6.45) is 2.99. The van der Waals surface area contributed by atoms with E-state index in [-0.39, 0.29) is 4.90 Å². The van der Waals surface area contributed by atoms with E-state index in [1.54, 1.807) is 18.2 Å². The minimum atomic E-state index is -3.83. The van der Waals surface area contributed by atoms with Gasteiger partial charge in [0.15, 0.2) is 0 Å². The van der Waals surface area contributed by atoms with Gasteiger partial charge >= 0.3 is 0 Å². The standard InChI is InChI=1S/C21H18N2O4S/c22-28(25,26)20-11-5-7-17(15-20)23-21(24)13-12-16-6-4-10-19(14-16)27-18-8-2-1-3-9-18/h1-15H,(H,23,24)(H2,22,25,26)/b13-12+. The number of rotatable bonds is 6. The van der Waals surface area contributed by atoms with Crippen LogP contribution in [0, 0.1) is 0 Å². The number of amides is 1. The van der Waals surface area contributed by atoms with Crippen LogP contribution in [-0.2, 0) is 14.8 Å². The second kappa shape index (κ2) is 8.51. The van der Waals surface area contributed by atoms with Crippen molar-refractivity contribution in [2.45, 2.75) is 4.90 Å². The zero-order valence-corrected chi connectivity index (χ0v) is 15.6. The van der Waals surface area contributed by atoms with E-state index in [0.717, 1.165) is 11.3 Å². The van der Waals surface area contributed by atoms with E-state index in [1.807, 2.05) is 48.5 Å². The zero-order valence-electron chi connectivity index (χ0n) is 14.8. The summed E-state index contributed by atoms with van der Waals surface area (Å²) < 4.78 is 28.5. The molecule has 3 aromatic carbocycles. The lowest BCUT2D eigenvalue weighted by molar-refractivity contribution is -0.111. The van der Waals surface area contributed by atoms with Crippen LogP contribution >= 0.6 is 0 Å². The van der Waals surface area contributed by atoms with E-state index in [1.165, 1.54) is 24.3 Å².